The SMILES string of the molecule is CCOC(C)=O.CCOC(C)=O.CCOC(C)=O.ClCCl. The first-order chi connectivity index (χ1) is 9.72. The van der Waals surface area contributed by atoms with Crippen molar-refractivity contribution < 1.29 is 28.6 Å². The van der Waals surface area contributed by atoms with Gasteiger partial charge in [0.2, 0.25) is 0 Å². The van der Waals surface area contributed by atoms with E-state index in [2.05, 4.69) is 14.2 Å². The van der Waals surface area contributed by atoms with Gasteiger partial charge < -0.3 is 14.2 Å². The fraction of sp³-hybridized carbons (Fsp3) is 0.769. The van der Waals surface area contributed by atoms with Crippen molar-refractivity contribution in [2.75, 3.05) is 25.2 Å². The summed E-state index contributed by atoms with van der Waals surface area (Å²) >= 11 is 9.53. The van der Waals surface area contributed by atoms with Crippen molar-refractivity contribution >= 4 is 41.1 Å². The van der Waals surface area contributed by atoms with Crippen LogP contribution in [0.15, 0.2) is 0 Å². The van der Waals surface area contributed by atoms with Crippen LogP contribution in [0.3, 0.4) is 0 Å². The summed E-state index contributed by atoms with van der Waals surface area (Å²) in [4.78, 5) is 29.5. The molecule has 0 aliphatic carbocycles. The minimum atomic E-state index is -0.211. The number of esters is 3. The number of ether oxygens (including phenoxy) is 3. The molecule has 128 valence electrons. The molecule has 8 heteroatoms. The minimum Gasteiger partial charge on any atom is -0.466 e. The molecule has 0 radical (unpaired) electrons. The topological polar surface area (TPSA) is 78.9 Å². The van der Waals surface area contributed by atoms with Crippen molar-refractivity contribution in [3.63, 3.8) is 0 Å². The third-order valence-corrected chi connectivity index (χ3v) is 1.04. The van der Waals surface area contributed by atoms with Gasteiger partial charge in [-0.2, -0.15) is 0 Å². The zero-order chi connectivity index (χ0) is 17.7. The zero-order valence-electron chi connectivity index (χ0n) is 13.5. The molecule has 21 heavy (non-hydrogen) atoms. The van der Waals surface area contributed by atoms with Gasteiger partial charge in [-0.15, -0.1) is 23.2 Å². The maximum atomic E-state index is 9.82. The van der Waals surface area contributed by atoms with E-state index >= 15 is 0 Å². The Balaban J connectivity index is -0.0000000944. The summed E-state index contributed by atoms with van der Waals surface area (Å²) in [5.41, 5.74) is 0. The maximum absolute atomic E-state index is 9.82. The van der Waals surface area contributed by atoms with Crippen LogP contribution in [0.5, 0.6) is 0 Å². The molecule has 0 aromatic heterocycles. The van der Waals surface area contributed by atoms with E-state index in [-0.39, 0.29) is 23.2 Å². The molecule has 0 saturated heterocycles. The Labute approximate surface area is 137 Å². The lowest BCUT2D eigenvalue weighted by molar-refractivity contribution is -0.141. The highest BCUT2D eigenvalue weighted by Crippen LogP contribution is 1.73. The van der Waals surface area contributed by atoms with Crippen molar-refractivity contribution in [3.05, 3.63) is 0 Å². The van der Waals surface area contributed by atoms with Gasteiger partial charge in [0, 0.05) is 20.8 Å². The summed E-state index contributed by atoms with van der Waals surface area (Å²) in [7, 11) is 0. The van der Waals surface area contributed by atoms with Crippen LogP contribution in [0, 0.1) is 0 Å². The summed E-state index contributed by atoms with van der Waals surface area (Å²) in [6, 6.07) is 0. The smallest absolute Gasteiger partial charge is 0.302 e. The summed E-state index contributed by atoms with van der Waals surface area (Å²) in [5, 5.41) is 0.194. The Bertz CT molecular complexity index is 209. The van der Waals surface area contributed by atoms with Crippen LogP contribution in [-0.4, -0.2) is 43.1 Å². The van der Waals surface area contributed by atoms with Crippen molar-refractivity contribution in [3.8, 4) is 0 Å². The summed E-state index contributed by atoms with van der Waals surface area (Å²) in [6.07, 6.45) is 0. The van der Waals surface area contributed by atoms with E-state index in [0.29, 0.717) is 19.8 Å². The standard InChI is InChI=1S/3C4H8O2.CH2Cl2/c3*1-3-6-4(2)5;2-1-3/h3*3H2,1-2H3;1H2. The van der Waals surface area contributed by atoms with E-state index in [1.165, 1.54) is 20.8 Å². The number of alkyl halides is 2. The quantitative estimate of drug-likeness (QED) is 0.442. The largest absolute Gasteiger partial charge is 0.466 e. The molecule has 0 heterocycles. The second-order valence-electron chi connectivity index (χ2n) is 2.87. The average Bonchev–Trinajstić information content (AvgIpc) is 2.30. The Morgan fingerprint density at radius 1 is 0.667 bits per heavy atom. The fourth-order valence-electron chi connectivity index (χ4n) is 0.610. The Morgan fingerprint density at radius 3 is 0.810 bits per heavy atom. The van der Waals surface area contributed by atoms with Gasteiger partial charge in [0.25, 0.3) is 0 Å². The fourth-order valence-corrected chi connectivity index (χ4v) is 0.610. The number of rotatable bonds is 3. The molecular formula is C13H26Cl2O6. The third-order valence-electron chi connectivity index (χ3n) is 1.04. The molecule has 0 spiro atoms. The maximum Gasteiger partial charge on any atom is 0.302 e. The molecule has 0 bridgehead atoms. The number of carbonyl (C=O) groups is 3. The summed E-state index contributed by atoms with van der Waals surface area (Å²) in [6.45, 7) is 11.0. The monoisotopic (exact) mass is 348 g/mol. The molecular weight excluding hydrogens is 323 g/mol. The summed E-state index contributed by atoms with van der Waals surface area (Å²) in [5.74, 6) is -0.632. The van der Waals surface area contributed by atoms with Gasteiger partial charge in [-0.05, 0) is 20.8 Å². The normalized spacial score (nSPS) is 7.43. The lowest BCUT2D eigenvalue weighted by Crippen LogP contribution is -1.95. The minimum absolute atomic E-state index is 0.194. The highest BCUT2D eigenvalue weighted by Gasteiger charge is 1.82. The van der Waals surface area contributed by atoms with Crippen LogP contribution in [-0.2, 0) is 28.6 Å². The van der Waals surface area contributed by atoms with Gasteiger partial charge in [-0.25, -0.2) is 0 Å². The molecule has 0 atom stereocenters. The van der Waals surface area contributed by atoms with Crippen LogP contribution < -0.4 is 0 Å². The van der Waals surface area contributed by atoms with Crippen LogP contribution in [0.4, 0.5) is 0 Å². The van der Waals surface area contributed by atoms with E-state index in [1.807, 2.05) is 0 Å². The van der Waals surface area contributed by atoms with Crippen molar-refractivity contribution in [1.82, 2.24) is 0 Å². The van der Waals surface area contributed by atoms with Crippen molar-refractivity contribution in [1.29, 1.82) is 0 Å². The number of carbonyl (C=O) groups excluding carboxylic acids is 3. The highest BCUT2D eigenvalue weighted by atomic mass is 35.5. The van der Waals surface area contributed by atoms with Gasteiger partial charge in [-0.1, -0.05) is 0 Å². The molecule has 0 aromatic rings. The molecule has 6 nitrogen and oxygen atoms in total. The Kier molecular flexibility index (Phi) is 36.7. The Hall–Kier alpha value is -1.01. The van der Waals surface area contributed by atoms with E-state index in [1.54, 1.807) is 20.8 Å². The van der Waals surface area contributed by atoms with Gasteiger partial charge in [-0.3, -0.25) is 14.4 Å². The molecule has 0 N–H and O–H groups in total. The molecule has 0 fully saturated rings. The average molecular weight is 349 g/mol. The predicted octanol–water partition coefficient (Wildman–Crippen LogP) is 3.13. The first-order valence-electron chi connectivity index (χ1n) is 6.25. The zero-order valence-corrected chi connectivity index (χ0v) is 15.0. The molecule has 0 amide bonds. The van der Waals surface area contributed by atoms with Gasteiger partial charge >= 0.3 is 17.9 Å². The van der Waals surface area contributed by atoms with Crippen LogP contribution in [0.1, 0.15) is 41.5 Å². The van der Waals surface area contributed by atoms with Gasteiger partial charge in [0.1, 0.15) is 0 Å². The van der Waals surface area contributed by atoms with E-state index in [9.17, 15) is 14.4 Å². The van der Waals surface area contributed by atoms with Crippen LogP contribution >= 0.6 is 23.2 Å². The first kappa shape index (κ1) is 28.2. The van der Waals surface area contributed by atoms with Gasteiger partial charge in [0.05, 0.1) is 25.2 Å². The number of hydrogen-bond donors (Lipinski definition) is 0. The molecule has 0 rings (SSSR count). The number of halogens is 2. The molecule has 0 unspecified atom stereocenters. The van der Waals surface area contributed by atoms with E-state index in [0.717, 1.165) is 0 Å². The van der Waals surface area contributed by atoms with E-state index in [4.69, 9.17) is 23.2 Å². The first-order valence-corrected chi connectivity index (χ1v) is 7.32. The molecule has 0 aliphatic rings. The Morgan fingerprint density at radius 2 is 0.810 bits per heavy atom. The molecule has 0 aromatic carbocycles. The van der Waals surface area contributed by atoms with Gasteiger partial charge in [0.15, 0.2) is 0 Å². The number of hydrogen-bond acceptors (Lipinski definition) is 6. The van der Waals surface area contributed by atoms with Crippen molar-refractivity contribution in [2.24, 2.45) is 0 Å². The lowest BCUT2D eigenvalue weighted by atomic mass is 10.8. The van der Waals surface area contributed by atoms with Crippen molar-refractivity contribution in [2.45, 2.75) is 41.5 Å². The highest BCUT2D eigenvalue weighted by molar-refractivity contribution is 6.40. The second-order valence-corrected chi connectivity index (χ2v) is 3.68. The summed E-state index contributed by atoms with van der Waals surface area (Å²) < 4.78 is 13.2. The third kappa shape index (κ3) is 85.9. The van der Waals surface area contributed by atoms with E-state index < -0.39 is 0 Å². The second kappa shape index (κ2) is 27.4. The van der Waals surface area contributed by atoms with Crippen LogP contribution in [0.25, 0.3) is 0 Å². The lowest BCUT2D eigenvalue weighted by Gasteiger charge is -1.89. The predicted molar refractivity (Wildman–Crippen MR) is 83.5 cm³/mol. The van der Waals surface area contributed by atoms with Crippen LogP contribution in [0.2, 0.25) is 0 Å². The molecule has 0 saturated carbocycles. The molecule has 0 aliphatic heterocycles.